The SMILES string of the molecule is Cc1c(C(=O)COc2ccc3c(=O)c(-c4ccc([N+](=O)[O-])cc4)coc3c2)c2ccccc2n1C. The van der Waals surface area contributed by atoms with Crippen LogP contribution < -0.4 is 10.2 Å². The Labute approximate surface area is 199 Å². The minimum absolute atomic E-state index is 0.0611. The molecular weight excluding hydrogens is 448 g/mol. The number of hydrogen-bond donors (Lipinski definition) is 0. The van der Waals surface area contributed by atoms with Gasteiger partial charge in [-0.2, -0.15) is 0 Å². The number of ketones is 1. The van der Waals surface area contributed by atoms with Crippen molar-refractivity contribution >= 4 is 33.3 Å². The Hall–Kier alpha value is -4.72. The molecule has 3 aromatic carbocycles. The van der Waals surface area contributed by atoms with Gasteiger partial charge in [0.15, 0.2) is 12.0 Å². The molecule has 8 nitrogen and oxygen atoms in total. The van der Waals surface area contributed by atoms with Crippen LogP contribution in [-0.2, 0) is 7.05 Å². The molecule has 174 valence electrons. The first-order chi connectivity index (χ1) is 16.8. The number of carbonyl (C=O) groups is 1. The Morgan fingerprint density at radius 3 is 2.54 bits per heavy atom. The second kappa shape index (κ2) is 8.57. The highest BCUT2D eigenvalue weighted by atomic mass is 16.6. The Kier molecular flexibility index (Phi) is 5.41. The van der Waals surface area contributed by atoms with E-state index >= 15 is 0 Å². The molecule has 8 heteroatoms. The van der Waals surface area contributed by atoms with Gasteiger partial charge >= 0.3 is 0 Å². The molecule has 0 radical (unpaired) electrons. The summed E-state index contributed by atoms with van der Waals surface area (Å²) in [5.41, 5.74) is 3.26. The van der Waals surface area contributed by atoms with Crippen LogP contribution in [0.1, 0.15) is 16.1 Å². The van der Waals surface area contributed by atoms with E-state index in [0.717, 1.165) is 16.6 Å². The molecule has 0 spiro atoms. The summed E-state index contributed by atoms with van der Waals surface area (Å²) in [6, 6.07) is 18.2. The molecular formula is C27H20N2O6. The Balaban J connectivity index is 1.39. The third-order valence-electron chi connectivity index (χ3n) is 6.18. The van der Waals surface area contributed by atoms with Crippen molar-refractivity contribution in [3.05, 3.63) is 105 Å². The third-order valence-corrected chi connectivity index (χ3v) is 6.18. The van der Waals surface area contributed by atoms with Crippen LogP contribution in [0.3, 0.4) is 0 Å². The summed E-state index contributed by atoms with van der Waals surface area (Å²) in [6.07, 6.45) is 1.32. The molecule has 0 fully saturated rings. The number of Topliss-reactive ketones (excluding diaryl/α,β-unsaturated/α-hetero) is 1. The summed E-state index contributed by atoms with van der Waals surface area (Å²) in [5, 5.41) is 12.1. The molecule has 0 saturated carbocycles. The van der Waals surface area contributed by atoms with Crippen LogP contribution in [0.2, 0.25) is 0 Å². The minimum Gasteiger partial charge on any atom is -0.485 e. The summed E-state index contributed by atoms with van der Waals surface area (Å²) in [7, 11) is 1.92. The molecule has 0 atom stereocenters. The van der Waals surface area contributed by atoms with Gasteiger partial charge in [0.05, 0.1) is 15.9 Å². The van der Waals surface area contributed by atoms with Crippen LogP contribution in [0.25, 0.3) is 33.0 Å². The van der Waals surface area contributed by atoms with Crippen molar-refractivity contribution < 1.29 is 18.9 Å². The van der Waals surface area contributed by atoms with Gasteiger partial charge in [0, 0.05) is 47.4 Å². The van der Waals surface area contributed by atoms with E-state index in [1.165, 1.54) is 30.5 Å². The van der Waals surface area contributed by atoms with Gasteiger partial charge in [0.25, 0.3) is 5.69 Å². The van der Waals surface area contributed by atoms with Crippen LogP contribution in [-0.4, -0.2) is 21.9 Å². The Morgan fingerprint density at radius 2 is 1.80 bits per heavy atom. The maximum absolute atomic E-state index is 13.0. The fourth-order valence-corrected chi connectivity index (χ4v) is 4.25. The highest BCUT2D eigenvalue weighted by molar-refractivity contribution is 6.10. The predicted molar refractivity (Wildman–Crippen MR) is 132 cm³/mol. The maximum atomic E-state index is 13.0. The number of para-hydroxylation sites is 1. The number of fused-ring (bicyclic) bond motifs is 2. The van der Waals surface area contributed by atoms with E-state index in [2.05, 4.69) is 0 Å². The largest absolute Gasteiger partial charge is 0.485 e. The van der Waals surface area contributed by atoms with E-state index < -0.39 is 4.92 Å². The first-order valence-corrected chi connectivity index (χ1v) is 10.9. The number of nitro benzene ring substituents is 1. The standard InChI is InChI=1S/C27H20N2O6/c1-16-26(20-5-3-4-6-23(20)28(16)2)24(30)15-34-19-11-12-21-25(13-19)35-14-22(27(21)31)17-7-9-18(10-8-17)29(32)33/h3-14H,15H2,1-2H3. The van der Waals surface area contributed by atoms with Crippen molar-refractivity contribution in [3.63, 3.8) is 0 Å². The van der Waals surface area contributed by atoms with Gasteiger partial charge in [-0.05, 0) is 42.8 Å². The molecule has 5 aromatic rings. The van der Waals surface area contributed by atoms with Crippen molar-refractivity contribution in [2.24, 2.45) is 7.05 Å². The van der Waals surface area contributed by atoms with Crippen molar-refractivity contribution in [1.29, 1.82) is 0 Å². The minimum atomic E-state index is -0.499. The van der Waals surface area contributed by atoms with Gasteiger partial charge in [-0.15, -0.1) is 0 Å². The number of carbonyl (C=O) groups excluding carboxylic acids is 1. The Bertz CT molecular complexity index is 1680. The number of hydrogen-bond acceptors (Lipinski definition) is 6. The average molecular weight is 468 g/mol. The lowest BCUT2D eigenvalue weighted by molar-refractivity contribution is -0.384. The predicted octanol–water partition coefficient (Wildman–Crippen LogP) is 5.43. The van der Waals surface area contributed by atoms with E-state index in [1.807, 2.05) is 42.8 Å². The lowest BCUT2D eigenvalue weighted by Gasteiger charge is -2.08. The van der Waals surface area contributed by atoms with Gasteiger partial charge < -0.3 is 13.7 Å². The molecule has 0 unspecified atom stereocenters. The number of ether oxygens (including phenoxy) is 1. The fraction of sp³-hybridized carbons (Fsp3) is 0.111. The number of benzene rings is 3. The van der Waals surface area contributed by atoms with Crippen LogP contribution in [0.5, 0.6) is 5.75 Å². The van der Waals surface area contributed by atoms with E-state index in [4.69, 9.17) is 9.15 Å². The zero-order chi connectivity index (χ0) is 24.7. The van der Waals surface area contributed by atoms with E-state index in [0.29, 0.717) is 33.4 Å². The van der Waals surface area contributed by atoms with Crippen molar-refractivity contribution in [2.75, 3.05) is 6.61 Å². The molecule has 0 aliphatic rings. The molecule has 0 bridgehead atoms. The lowest BCUT2D eigenvalue weighted by Crippen LogP contribution is -2.13. The molecule has 0 aliphatic carbocycles. The lowest BCUT2D eigenvalue weighted by atomic mass is 10.1. The molecule has 0 N–H and O–H groups in total. The topological polar surface area (TPSA) is 105 Å². The van der Waals surface area contributed by atoms with Gasteiger partial charge in [-0.1, -0.05) is 18.2 Å². The zero-order valence-corrected chi connectivity index (χ0v) is 19.0. The number of nitro groups is 1. The second-order valence-corrected chi connectivity index (χ2v) is 8.19. The number of rotatable bonds is 6. The summed E-state index contributed by atoms with van der Waals surface area (Å²) >= 11 is 0. The van der Waals surface area contributed by atoms with E-state index in [-0.39, 0.29) is 23.5 Å². The van der Waals surface area contributed by atoms with Crippen molar-refractivity contribution in [2.45, 2.75) is 6.92 Å². The van der Waals surface area contributed by atoms with Crippen molar-refractivity contribution in [1.82, 2.24) is 4.57 Å². The zero-order valence-electron chi connectivity index (χ0n) is 19.0. The van der Waals surface area contributed by atoms with Gasteiger partial charge in [0.2, 0.25) is 5.78 Å². The summed E-state index contributed by atoms with van der Waals surface area (Å²) in [6.45, 7) is 1.74. The first kappa shape index (κ1) is 22.1. The number of nitrogens with zero attached hydrogens (tertiary/aromatic N) is 2. The van der Waals surface area contributed by atoms with Gasteiger partial charge in [-0.3, -0.25) is 19.7 Å². The Morgan fingerprint density at radius 1 is 1.06 bits per heavy atom. The third kappa shape index (κ3) is 3.85. The fourth-order valence-electron chi connectivity index (χ4n) is 4.25. The van der Waals surface area contributed by atoms with Crippen molar-refractivity contribution in [3.8, 4) is 16.9 Å². The number of aromatic nitrogens is 1. The molecule has 0 saturated heterocycles. The summed E-state index contributed by atoms with van der Waals surface area (Å²) < 4.78 is 13.4. The van der Waals surface area contributed by atoms with Crippen LogP contribution >= 0.6 is 0 Å². The molecule has 5 rings (SSSR count). The van der Waals surface area contributed by atoms with Crippen LogP contribution in [0, 0.1) is 17.0 Å². The smallest absolute Gasteiger partial charge is 0.269 e. The quantitative estimate of drug-likeness (QED) is 0.187. The molecule has 2 aromatic heterocycles. The van der Waals surface area contributed by atoms with E-state index in [1.54, 1.807) is 18.2 Å². The molecule has 35 heavy (non-hydrogen) atoms. The van der Waals surface area contributed by atoms with Crippen LogP contribution in [0.4, 0.5) is 5.69 Å². The summed E-state index contributed by atoms with van der Waals surface area (Å²) in [5.74, 6) is 0.254. The number of non-ortho nitro benzene ring substituents is 1. The van der Waals surface area contributed by atoms with Gasteiger partial charge in [-0.25, -0.2) is 0 Å². The molecule has 2 heterocycles. The maximum Gasteiger partial charge on any atom is 0.269 e. The first-order valence-electron chi connectivity index (χ1n) is 10.9. The highest BCUT2D eigenvalue weighted by Crippen LogP contribution is 2.27. The summed E-state index contributed by atoms with van der Waals surface area (Å²) in [4.78, 5) is 36.3. The monoisotopic (exact) mass is 468 g/mol. The van der Waals surface area contributed by atoms with Crippen LogP contribution in [0.15, 0.2) is 82.2 Å². The van der Waals surface area contributed by atoms with E-state index in [9.17, 15) is 19.7 Å². The highest BCUT2D eigenvalue weighted by Gasteiger charge is 2.19. The second-order valence-electron chi connectivity index (χ2n) is 8.19. The average Bonchev–Trinajstić information content (AvgIpc) is 3.13. The molecule has 0 amide bonds. The molecule has 0 aliphatic heterocycles. The normalized spacial score (nSPS) is 11.1. The van der Waals surface area contributed by atoms with Gasteiger partial charge in [0.1, 0.15) is 17.6 Å². The number of aryl methyl sites for hydroxylation is 1.